The smallest absolute Gasteiger partial charge is 0.322 e. The first-order valence-electron chi connectivity index (χ1n) is 9.79. The first-order valence-corrected chi connectivity index (χ1v) is 9.79. The minimum atomic E-state index is -1.54. The fourth-order valence-corrected chi connectivity index (χ4v) is 4.19. The molecule has 1 saturated heterocycles. The Bertz CT molecular complexity index is 1280. The van der Waals surface area contributed by atoms with E-state index >= 15 is 0 Å². The highest BCUT2D eigenvalue weighted by molar-refractivity contribution is 6.08. The van der Waals surface area contributed by atoms with E-state index in [2.05, 4.69) is 15.6 Å². The zero-order chi connectivity index (χ0) is 22.5. The molecule has 0 spiro atoms. The monoisotopic (exact) mass is 434 g/mol. The second kappa shape index (κ2) is 7.23. The Labute approximate surface area is 181 Å². The number of hydrogen-bond donors (Lipinski definition) is 2. The van der Waals surface area contributed by atoms with Crippen molar-refractivity contribution < 1.29 is 23.2 Å². The van der Waals surface area contributed by atoms with Gasteiger partial charge in [-0.15, -0.1) is 0 Å². The van der Waals surface area contributed by atoms with Crippen LogP contribution in [0.25, 0.3) is 11.1 Å². The number of aromatic nitrogens is 1. The number of benzene rings is 2. The zero-order valence-electron chi connectivity index (χ0n) is 16.6. The zero-order valence-corrected chi connectivity index (χ0v) is 16.6. The van der Waals surface area contributed by atoms with Crippen LogP contribution in [0, 0.1) is 11.6 Å². The van der Waals surface area contributed by atoms with Gasteiger partial charge in [0, 0.05) is 23.9 Å². The van der Waals surface area contributed by atoms with Crippen molar-refractivity contribution in [2.45, 2.75) is 12.1 Å². The SMILES string of the molecule is O=C1NC(=O)[C@](CN2Cc3ccc(F)cc3C2=O)(c2ccc(-c3ccncc3F)cc2)N1. The second-order valence-electron chi connectivity index (χ2n) is 7.71. The number of fused-ring (bicyclic) bond motifs is 1. The summed E-state index contributed by atoms with van der Waals surface area (Å²) in [7, 11) is 0. The molecule has 3 heterocycles. The minimum Gasteiger partial charge on any atom is -0.331 e. The molecule has 2 N–H and O–H groups in total. The molecular weight excluding hydrogens is 418 g/mol. The highest BCUT2D eigenvalue weighted by Crippen LogP contribution is 2.33. The summed E-state index contributed by atoms with van der Waals surface area (Å²) in [5.74, 6) is -2.06. The van der Waals surface area contributed by atoms with Crippen LogP contribution in [0.5, 0.6) is 0 Å². The molecule has 5 rings (SSSR count). The molecule has 2 aliphatic heterocycles. The average molecular weight is 434 g/mol. The molecule has 2 aromatic carbocycles. The molecule has 1 aromatic heterocycles. The Kier molecular flexibility index (Phi) is 4.47. The summed E-state index contributed by atoms with van der Waals surface area (Å²) in [6.45, 7) is 0.0301. The number of imide groups is 1. The molecule has 4 amide bonds. The van der Waals surface area contributed by atoms with Crippen molar-refractivity contribution in [1.82, 2.24) is 20.5 Å². The van der Waals surface area contributed by atoms with Gasteiger partial charge < -0.3 is 10.2 Å². The number of hydrogen-bond acceptors (Lipinski definition) is 4. The average Bonchev–Trinajstić information content (AvgIpc) is 3.24. The lowest BCUT2D eigenvalue weighted by atomic mass is 9.88. The molecule has 0 aliphatic carbocycles. The third-order valence-corrected chi connectivity index (χ3v) is 5.78. The molecule has 32 heavy (non-hydrogen) atoms. The second-order valence-corrected chi connectivity index (χ2v) is 7.71. The lowest BCUT2D eigenvalue weighted by molar-refractivity contribution is -0.124. The van der Waals surface area contributed by atoms with Gasteiger partial charge in [-0.2, -0.15) is 0 Å². The van der Waals surface area contributed by atoms with E-state index in [0.29, 0.717) is 22.3 Å². The number of nitrogens with one attached hydrogen (secondary N) is 2. The Morgan fingerprint density at radius 3 is 2.47 bits per heavy atom. The van der Waals surface area contributed by atoms with Gasteiger partial charge >= 0.3 is 6.03 Å². The lowest BCUT2D eigenvalue weighted by Crippen LogP contribution is -2.52. The quantitative estimate of drug-likeness (QED) is 0.618. The number of pyridine rings is 1. The van der Waals surface area contributed by atoms with E-state index < -0.39 is 35.0 Å². The van der Waals surface area contributed by atoms with Gasteiger partial charge in [0.1, 0.15) is 11.6 Å². The van der Waals surface area contributed by atoms with Crippen LogP contribution < -0.4 is 10.6 Å². The molecule has 1 fully saturated rings. The molecule has 2 aliphatic rings. The van der Waals surface area contributed by atoms with Crippen LogP contribution >= 0.6 is 0 Å². The predicted octanol–water partition coefficient (Wildman–Crippen LogP) is 2.72. The highest BCUT2D eigenvalue weighted by Gasteiger charge is 2.50. The molecule has 0 saturated carbocycles. The molecular formula is C23H16F2N4O3. The fraction of sp³-hybridized carbons (Fsp3) is 0.130. The third kappa shape index (κ3) is 3.09. The van der Waals surface area contributed by atoms with Crippen molar-refractivity contribution >= 4 is 17.8 Å². The molecule has 0 bridgehead atoms. The maximum Gasteiger partial charge on any atom is 0.322 e. The van der Waals surface area contributed by atoms with Gasteiger partial charge in [0.15, 0.2) is 5.54 Å². The van der Waals surface area contributed by atoms with Crippen LogP contribution in [0.2, 0.25) is 0 Å². The Morgan fingerprint density at radius 1 is 1.00 bits per heavy atom. The van der Waals surface area contributed by atoms with Gasteiger partial charge in [0.25, 0.3) is 11.8 Å². The van der Waals surface area contributed by atoms with Crippen molar-refractivity contribution in [2.24, 2.45) is 0 Å². The highest BCUT2D eigenvalue weighted by atomic mass is 19.1. The van der Waals surface area contributed by atoms with Crippen LogP contribution in [0.15, 0.2) is 60.9 Å². The van der Waals surface area contributed by atoms with Gasteiger partial charge in [0.05, 0.1) is 12.7 Å². The summed E-state index contributed by atoms with van der Waals surface area (Å²) in [4.78, 5) is 42.9. The van der Waals surface area contributed by atoms with Gasteiger partial charge in [0.2, 0.25) is 0 Å². The topological polar surface area (TPSA) is 91.4 Å². The van der Waals surface area contributed by atoms with E-state index in [-0.39, 0.29) is 18.7 Å². The van der Waals surface area contributed by atoms with Crippen molar-refractivity contribution in [2.75, 3.05) is 6.54 Å². The van der Waals surface area contributed by atoms with Crippen LogP contribution in [0.1, 0.15) is 21.5 Å². The molecule has 0 radical (unpaired) electrons. The maximum absolute atomic E-state index is 14.1. The van der Waals surface area contributed by atoms with E-state index in [1.165, 1.54) is 29.3 Å². The van der Waals surface area contributed by atoms with Crippen LogP contribution in [0.3, 0.4) is 0 Å². The standard InChI is InChI=1S/C23H16F2N4O3/c24-16-6-3-14-11-29(20(30)18(14)9-16)12-23(21(31)27-22(32)28-23)15-4-1-13(2-5-15)17-7-8-26-10-19(17)25/h1-10H,11-12H2,(H2,27,28,31,32)/t23-/m0/s1. The first-order chi connectivity index (χ1) is 15.4. The Balaban J connectivity index is 1.50. The molecule has 9 heteroatoms. The van der Waals surface area contributed by atoms with E-state index in [0.717, 1.165) is 12.3 Å². The number of amides is 4. The summed E-state index contributed by atoms with van der Waals surface area (Å²) >= 11 is 0. The Morgan fingerprint density at radius 2 is 1.78 bits per heavy atom. The summed E-state index contributed by atoms with van der Waals surface area (Å²) in [6, 6.07) is 11.3. The number of carbonyl (C=O) groups excluding carboxylic acids is 3. The van der Waals surface area contributed by atoms with Crippen LogP contribution in [-0.2, 0) is 16.9 Å². The van der Waals surface area contributed by atoms with Gasteiger partial charge in [-0.3, -0.25) is 19.9 Å². The minimum absolute atomic E-state index is 0.150. The number of urea groups is 1. The molecule has 3 aromatic rings. The molecule has 1 atom stereocenters. The largest absolute Gasteiger partial charge is 0.331 e. The van der Waals surface area contributed by atoms with Gasteiger partial charge in [-0.05, 0) is 34.9 Å². The maximum atomic E-state index is 14.1. The van der Waals surface area contributed by atoms with E-state index in [1.807, 2.05) is 0 Å². The number of halogens is 2. The number of rotatable bonds is 4. The normalized spacial score (nSPS) is 19.7. The van der Waals surface area contributed by atoms with Crippen molar-refractivity contribution in [3.05, 3.63) is 89.2 Å². The van der Waals surface area contributed by atoms with Gasteiger partial charge in [-0.1, -0.05) is 30.3 Å². The Hall–Kier alpha value is -4.14. The summed E-state index contributed by atoms with van der Waals surface area (Å²) in [5, 5.41) is 4.86. The van der Waals surface area contributed by atoms with E-state index in [1.54, 1.807) is 24.3 Å². The molecule has 0 unspecified atom stereocenters. The summed E-state index contributed by atoms with van der Waals surface area (Å²) in [6.07, 6.45) is 2.58. The first kappa shape index (κ1) is 19.8. The van der Waals surface area contributed by atoms with Crippen molar-refractivity contribution in [3.8, 4) is 11.1 Å². The molecule has 160 valence electrons. The van der Waals surface area contributed by atoms with E-state index in [9.17, 15) is 23.2 Å². The number of nitrogens with zero attached hydrogens (tertiary/aromatic N) is 2. The fourth-order valence-electron chi connectivity index (χ4n) is 4.19. The lowest BCUT2D eigenvalue weighted by Gasteiger charge is -2.31. The van der Waals surface area contributed by atoms with E-state index in [4.69, 9.17) is 0 Å². The summed E-state index contributed by atoms with van der Waals surface area (Å²) < 4.78 is 27.7. The summed E-state index contributed by atoms with van der Waals surface area (Å²) in [5.41, 5.74) is 0.659. The predicted molar refractivity (Wildman–Crippen MR) is 109 cm³/mol. The van der Waals surface area contributed by atoms with Crippen molar-refractivity contribution in [3.63, 3.8) is 0 Å². The number of carbonyl (C=O) groups is 3. The molecule has 7 nitrogen and oxygen atoms in total. The van der Waals surface area contributed by atoms with Crippen LogP contribution in [0.4, 0.5) is 13.6 Å². The third-order valence-electron chi connectivity index (χ3n) is 5.78. The van der Waals surface area contributed by atoms with Gasteiger partial charge in [-0.25, -0.2) is 13.6 Å². The van der Waals surface area contributed by atoms with Crippen LogP contribution in [-0.4, -0.2) is 34.3 Å². The van der Waals surface area contributed by atoms with Crippen molar-refractivity contribution in [1.29, 1.82) is 0 Å².